The zero-order valence-corrected chi connectivity index (χ0v) is 12.1. The zero-order chi connectivity index (χ0) is 14.6. The number of alkyl halides is 3. The molecule has 1 aliphatic carbocycles. The third-order valence-corrected chi connectivity index (χ3v) is 4.59. The molecular formula is C14H18F3NOS. The normalized spacial score (nSPS) is 23.0. The van der Waals surface area contributed by atoms with E-state index in [4.69, 9.17) is 0 Å². The monoisotopic (exact) mass is 305 g/mol. The first kappa shape index (κ1) is 15.5. The molecule has 1 fully saturated rings. The minimum Gasteiger partial charge on any atom is -0.405 e. The van der Waals surface area contributed by atoms with E-state index in [1.54, 1.807) is 18.2 Å². The molecule has 1 aliphatic rings. The van der Waals surface area contributed by atoms with Crippen molar-refractivity contribution in [3.8, 4) is 5.75 Å². The smallest absolute Gasteiger partial charge is 0.405 e. The summed E-state index contributed by atoms with van der Waals surface area (Å²) >= 11 is 1.86. The topological polar surface area (TPSA) is 21.3 Å². The molecule has 1 aromatic rings. The molecule has 0 amide bonds. The first-order valence-electron chi connectivity index (χ1n) is 6.58. The average molecular weight is 305 g/mol. The van der Waals surface area contributed by atoms with E-state index in [0.29, 0.717) is 23.4 Å². The van der Waals surface area contributed by atoms with Crippen molar-refractivity contribution in [2.24, 2.45) is 0 Å². The molecule has 0 bridgehead atoms. The standard InChI is InChI=1S/C14H18F3NOS/c1-20-12-7-6-11(8-12)18-9-10-4-2-3-5-13(10)19-14(15,16)17/h2-5,11-12,18H,6-9H2,1H3. The molecule has 112 valence electrons. The van der Waals surface area contributed by atoms with Gasteiger partial charge in [0, 0.05) is 23.4 Å². The van der Waals surface area contributed by atoms with Crippen LogP contribution in [0.4, 0.5) is 13.2 Å². The zero-order valence-electron chi connectivity index (χ0n) is 11.2. The van der Waals surface area contributed by atoms with Crippen LogP contribution in [0.15, 0.2) is 24.3 Å². The second kappa shape index (κ2) is 6.72. The summed E-state index contributed by atoms with van der Waals surface area (Å²) in [6, 6.07) is 6.66. The minimum absolute atomic E-state index is 0.119. The van der Waals surface area contributed by atoms with Crippen molar-refractivity contribution in [3.63, 3.8) is 0 Å². The highest BCUT2D eigenvalue weighted by Gasteiger charge is 2.32. The lowest BCUT2D eigenvalue weighted by atomic mass is 10.1. The van der Waals surface area contributed by atoms with Gasteiger partial charge < -0.3 is 10.1 Å². The molecule has 0 aliphatic heterocycles. The van der Waals surface area contributed by atoms with Crippen LogP contribution in [0, 0.1) is 0 Å². The predicted molar refractivity (Wildman–Crippen MR) is 74.9 cm³/mol. The van der Waals surface area contributed by atoms with Gasteiger partial charge in [0.1, 0.15) is 5.75 Å². The van der Waals surface area contributed by atoms with Crippen LogP contribution < -0.4 is 10.1 Å². The van der Waals surface area contributed by atoms with Crippen LogP contribution in [0.2, 0.25) is 0 Å². The number of benzene rings is 1. The Hall–Kier alpha value is -0.880. The maximum Gasteiger partial charge on any atom is 0.573 e. The highest BCUT2D eigenvalue weighted by Crippen LogP contribution is 2.29. The van der Waals surface area contributed by atoms with Gasteiger partial charge in [0.05, 0.1) is 0 Å². The van der Waals surface area contributed by atoms with Crippen LogP contribution in [0.5, 0.6) is 5.75 Å². The van der Waals surface area contributed by atoms with E-state index in [9.17, 15) is 13.2 Å². The third kappa shape index (κ3) is 4.59. The van der Waals surface area contributed by atoms with E-state index in [0.717, 1.165) is 12.8 Å². The Labute approximate surface area is 121 Å². The van der Waals surface area contributed by atoms with Crippen molar-refractivity contribution in [2.75, 3.05) is 6.26 Å². The van der Waals surface area contributed by atoms with Gasteiger partial charge in [-0.15, -0.1) is 13.2 Å². The van der Waals surface area contributed by atoms with Crippen molar-refractivity contribution < 1.29 is 17.9 Å². The molecule has 0 heterocycles. The van der Waals surface area contributed by atoms with Crippen LogP contribution >= 0.6 is 11.8 Å². The van der Waals surface area contributed by atoms with Crippen LogP contribution in [0.25, 0.3) is 0 Å². The van der Waals surface area contributed by atoms with E-state index in [1.807, 2.05) is 11.8 Å². The Kier molecular flexibility index (Phi) is 5.21. The average Bonchev–Trinajstić information content (AvgIpc) is 2.84. The predicted octanol–water partition coefficient (Wildman–Crippen LogP) is 3.96. The summed E-state index contributed by atoms with van der Waals surface area (Å²) in [5, 5.41) is 3.99. The van der Waals surface area contributed by atoms with Gasteiger partial charge in [-0.1, -0.05) is 18.2 Å². The lowest BCUT2D eigenvalue weighted by Gasteiger charge is -2.16. The molecule has 20 heavy (non-hydrogen) atoms. The number of nitrogens with one attached hydrogen (secondary N) is 1. The fraction of sp³-hybridized carbons (Fsp3) is 0.571. The lowest BCUT2D eigenvalue weighted by molar-refractivity contribution is -0.274. The quantitative estimate of drug-likeness (QED) is 0.890. The fourth-order valence-electron chi connectivity index (χ4n) is 2.47. The Bertz CT molecular complexity index is 439. The Morgan fingerprint density at radius 1 is 1.30 bits per heavy atom. The molecule has 0 spiro atoms. The van der Waals surface area contributed by atoms with Gasteiger partial charge in [-0.2, -0.15) is 11.8 Å². The molecule has 0 aromatic heterocycles. The maximum absolute atomic E-state index is 12.3. The van der Waals surface area contributed by atoms with Gasteiger partial charge in [0.15, 0.2) is 0 Å². The fourth-order valence-corrected chi connectivity index (χ4v) is 3.26. The Morgan fingerprint density at radius 3 is 2.70 bits per heavy atom. The number of thioether (sulfide) groups is 1. The maximum atomic E-state index is 12.3. The largest absolute Gasteiger partial charge is 0.573 e. The van der Waals surface area contributed by atoms with Crippen molar-refractivity contribution in [1.29, 1.82) is 0 Å². The summed E-state index contributed by atoms with van der Waals surface area (Å²) in [5.41, 5.74) is 0.539. The summed E-state index contributed by atoms with van der Waals surface area (Å²) in [6.07, 6.45) is 0.768. The minimum atomic E-state index is -4.65. The van der Waals surface area contributed by atoms with E-state index < -0.39 is 6.36 Å². The number of hydrogen-bond donors (Lipinski definition) is 1. The van der Waals surface area contributed by atoms with Crippen LogP contribution in [0.1, 0.15) is 24.8 Å². The molecule has 6 heteroatoms. The van der Waals surface area contributed by atoms with Crippen LogP contribution in [-0.4, -0.2) is 23.9 Å². The SMILES string of the molecule is CSC1CCC(NCc2ccccc2OC(F)(F)F)C1. The highest BCUT2D eigenvalue weighted by atomic mass is 32.2. The molecule has 2 nitrogen and oxygen atoms in total. The molecule has 2 unspecified atom stereocenters. The summed E-state index contributed by atoms with van der Waals surface area (Å²) in [7, 11) is 0. The third-order valence-electron chi connectivity index (χ3n) is 3.50. The number of ether oxygens (including phenoxy) is 1. The Morgan fingerprint density at radius 2 is 2.05 bits per heavy atom. The number of para-hydroxylation sites is 1. The highest BCUT2D eigenvalue weighted by molar-refractivity contribution is 7.99. The number of hydrogen-bond acceptors (Lipinski definition) is 3. The van der Waals surface area contributed by atoms with Gasteiger partial charge >= 0.3 is 6.36 Å². The molecule has 1 aromatic carbocycles. The summed E-state index contributed by atoms with van der Waals surface area (Å²) in [6.45, 7) is 0.401. The Balaban J connectivity index is 1.93. The molecule has 0 saturated heterocycles. The first-order valence-corrected chi connectivity index (χ1v) is 7.86. The second-order valence-corrected chi connectivity index (χ2v) is 6.04. The lowest BCUT2D eigenvalue weighted by Crippen LogP contribution is -2.27. The number of halogens is 3. The summed E-state index contributed by atoms with van der Waals surface area (Å²) in [5.74, 6) is -0.119. The van der Waals surface area contributed by atoms with Crippen molar-refractivity contribution in [1.82, 2.24) is 5.32 Å². The van der Waals surface area contributed by atoms with Gasteiger partial charge in [0.2, 0.25) is 0 Å². The van der Waals surface area contributed by atoms with Crippen LogP contribution in [0.3, 0.4) is 0 Å². The molecule has 2 atom stereocenters. The van der Waals surface area contributed by atoms with Gasteiger partial charge in [-0.05, 0) is 31.6 Å². The van der Waals surface area contributed by atoms with E-state index in [1.165, 1.54) is 12.5 Å². The molecule has 1 saturated carbocycles. The molecule has 1 N–H and O–H groups in total. The van der Waals surface area contributed by atoms with Crippen molar-refractivity contribution >= 4 is 11.8 Å². The van der Waals surface area contributed by atoms with E-state index in [-0.39, 0.29) is 5.75 Å². The number of rotatable bonds is 5. The van der Waals surface area contributed by atoms with Gasteiger partial charge in [0.25, 0.3) is 0 Å². The molecule has 0 radical (unpaired) electrons. The van der Waals surface area contributed by atoms with Gasteiger partial charge in [-0.25, -0.2) is 0 Å². The van der Waals surface area contributed by atoms with Crippen molar-refractivity contribution in [2.45, 2.75) is 43.5 Å². The van der Waals surface area contributed by atoms with E-state index in [2.05, 4.69) is 16.3 Å². The van der Waals surface area contributed by atoms with Crippen molar-refractivity contribution in [3.05, 3.63) is 29.8 Å². The summed E-state index contributed by atoms with van der Waals surface area (Å²) < 4.78 is 41.0. The van der Waals surface area contributed by atoms with Gasteiger partial charge in [-0.3, -0.25) is 0 Å². The first-order chi connectivity index (χ1) is 9.48. The van der Waals surface area contributed by atoms with E-state index >= 15 is 0 Å². The summed E-state index contributed by atoms with van der Waals surface area (Å²) in [4.78, 5) is 0. The molecule has 2 rings (SSSR count). The second-order valence-electron chi connectivity index (χ2n) is 4.90. The molecular weight excluding hydrogens is 287 g/mol. The van der Waals surface area contributed by atoms with Crippen LogP contribution in [-0.2, 0) is 6.54 Å².